The number of aliphatic imine (C=N–C) groups is 1. The molecule has 0 spiro atoms. The van der Waals surface area contributed by atoms with Crippen LogP contribution in [0.5, 0.6) is 0 Å². The third-order valence-corrected chi connectivity index (χ3v) is 6.70. The monoisotopic (exact) mass is 437 g/mol. The van der Waals surface area contributed by atoms with Gasteiger partial charge in [0.2, 0.25) is 5.90 Å². The molecule has 3 aromatic rings. The van der Waals surface area contributed by atoms with Gasteiger partial charge in [0, 0.05) is 38.6 Å². The Morgan fingerprint density at radius 3 is 2.68 bits per heavy atom. The van der Waals surface area contributed by atoms with E-state index in [4.69, 9.17) is 16.2 Å². The number of amides is 1. The Morgan fingerprint density at radius 1 is 1.10 bits per heavy atom. The van der Waals surface area contributed by atoms with E-state index in [1.165, 1.54) is 11.3 Å². The Hall–Kier alpha value is -3.40. The van der Waals surface area contributed by atoms with Crippen LogP contribution in [0, 0.1) is 0 Å². The zero-order valence-electron chi connectivity index (χ0n) is 17.0. The smallest absolute Gasteiger partial charge is 0.260 e. The van der Waals surface area contributed by atoms with Crippen molar-refractivity contribution in [2.24, 2.45) is 10.7 Å². The number of nitrogens with zero attached hydrogens (tertiary/aromatic N) is 5. The number of nitrogen functional groups attached to an aromatic ring is 1. The molecule has 160 valence electrons. The van der Waals surface area contributed by atoms with Crippen LogP contribution in [-0.2, 0) is 4.74 Å². The minimum atomic E-state index is -0.517. The minimum Gasteiger partial charge on any atom is -0.475 e. The van der Waals surface area contributed by atoms with Crippen molar-refractivity contribution in [1.29, 1.82) is 0 Å². The number of hydrogen-bond donors (Lipinski definition) is 2. The molecular weight excluding hydrogens is 414 g/mol. The van der Waals surface area contributed by atoms with Gasteiger partial charge in [0.1, 0.15) is 22.1 Å². The Balaban J connectivity index is 1.36. The van der Waals surface area contributed by atoms with Crippen molar-refractivity contribution in [3.05, 3.63) is 41.0 Å². The van der Waals surface area contributed by atoms with Crippen LogP contribution in [0.1, 0.15) is 21.7 Å². The van der Waals surface area contributed by atoms with E-state index < -0.39 is 5.91 Å². The van der Waals surface area contributed by atoms with Gasteiger partial charge in [0.25, 0.3) is 5.91 Å². The summed E-state index contributed by atoms with van der Waals surface area (Å²) in [6.07, 6.45) is 4.55. The number of carbonyl (C=O) groups is 1. The number of anilines is 3. The lowest BCUT2D eigenvalue weighted by Crippen LogP contribution is -2.31. The number of nitrogens with two attached hydrogens (primary N) is 2. The number of carbonyl (C=O) groups excluding carboxylic acids is 1. The molecule has 31 heavy (non-hydrogen) atoms. The van der Waals surface area contributed by atoms with Gasteiger partial charge in [0.05, 0.1) is 28.9 Å². The fourth-order valence-corrected chi connectivity index (χ4v) is 5.01. The highest BCUT2D eigenvalue weighted by Crippen LogP contribution is 2.38. The van der Waals surface area contributed by atoms with Crippen molar-refractivity contribution in [2.45, 2.75) is 6.42 Å². The molecule has 1 amide bonds. The molecule has 2 aliphatic rings. The first-order valence-electron chi connectivity index (χ1n) is 10.2. The lowest BCUT2D eigenvalue weighted by molar-refractivity contribution is 0.100. The van der Waals surface area contributed by atoms with E-state index in [0.717, 1.165) is 59.9 Å². The highest BCUT2D eigenvalue weighted by atomic mass is 32.1. The van der Waals surface area contributed by atoms with Gasteiger partial charge in [0.15, 0.2) is 0 Å². The summed E-state index contributed by atoms with van der Waals surface area (Å²) in [5.74, 6) is 1.10. The van der Waals surface area contributed by atoms with Crippen LogP contribution in [0.25, 0.3) is 10.2 Å². The van der Waals surface area contributed by atoms with Crippen molar-refractivity contribution in [3.8, 4) is 0 Å². The van der Waals surface area contributed by atoms with E-state index in [0.29, 0.717) is 29.6 Å². The second-order valence-corrected chi connectivity index (χ2v) is 8.49. The number of ether oxygens (including phenoxy) is 1. The van der Waals surface area contributed by atoms with Gasteiger partial charge < -0.3 is 26.0 Å². The maximum Gasteiger partial charge on any atom is 0.260 e. The van der Waals surface area contributed by atoms with Gasteiger partial charge in [-0.25, -0.2) is 15.0 Å². The molecule has 3 aromatic heterocycles. The summed E-state index contributed by atoms with van der Waals surface area (Å²) in [6.45, 7) is 4.74. The molecule has 0 aromatic carbocycles. The summed E-state index contributed by atoms with van der Waals surface area (Å²) in [5.41, 5.74) is 14.1. The molecular formula is C21H23N7O2S. The quantitative estimate of drug-likeness (QED) is 0.639. The molecule has 10 heteroatoms. The van der Waals surface area contributed by atoms with Crippen molar-refractivity contribution >= 4 is 50.6 Å². The fraction of sp³-hybridized carbons (Fsp3) is 0.333. The Kier molecular flexibility index (Phi) is 5.06. The van der Waals surface area contributed by atoms with E-state index in [1.54, 1.807) is 6.20 Å². The van der Waals surface area contributed by atoms with E-state index in [1.807, 2.05) is 24.4 Å². The predicted molar refractivity (Wildman–Crippen MR) is 123 cm³/mol. The topological polar surface area (TPSA) is 123 Å². The summed E-state index contributed by atoms with van der Waals surface area (Å²) < 4.78 is 5.51. The molecule has 0 atom stereocenters. The molecule has 0 radical (unpaired) electrons. The number of thiophene rings is 1. The van der Waals surface area contributed by atoms with E-state index in [2.05, 4.69) is 24.8 Å². The molecule has 2 aliphatic heterocycles. The largest absolute Gasteiger partial charge is 0.475 e. The third kappa shape index (κ3) is 3.63. The average Bonchev–Trinajstić information content (AvgIpc) is 3.36. The molecule has 0 aliphatic carbocycles. The van der Waals surface area contributed by atoms with Crippen LogP contribution in [0.2, 0.25) is 0 Å². The summed E-state index contributed by atoms with van der Waals surface area (Å²) in [4.78, 5) is 30.8. The zero-order chi connectivity index (χ0) is 21.4. The SMILES string of the molecule is NC(=O)c1sc2nccc(N3CCCN(c4ccc(C5=NCCO5)cn4)CC3)c2c1N. The van der Waals surface area contributed by atoms with Crippen LogP contribution in [0.4, 0.5) is 17.2 Å². The normalized spacial score (nSPS) is 16.8. The van der Waals surface area contributed by atoms with Crippen molar-refractivity contribution in [1.82, 2.24) is 9.97 Å². The Bertz CT molecular complexity index is 1160. The number of rotatable bonds is 4. The molecule has 5 heterocycles. The summed E-state index contributed by atoms with van der Waals surface area (Å²) in [5, 5.41) is 0.814. The standard InChI is InChI=1S/C21H23N7O2S/c22-17-16-14(4-5-25-21(16)31-18(17)19(23)29)27-7-1-8-28(10-9-27)15-3-2-13(12-26-15)20-24-6-11-30-20/h2-5,12H,1,6-11,22H2,(H2,23,29). The lowest BCUT2D eigenvalue weighted by atomic mass is 10.2. The second kappa shape index (κ2) is 8.03. The number of primary amides is 1. The third-order valence-electron chi connectivity index (χ3n) is 5.57. The second-order valence-electron chi connectivity index (χ2n) is 7.49. The Morgan fingerprint density at radius 2 is 1.94 bits per heavy atom. The number of hydrogen-bond acceptors (Lipinski definition) is 9. The van der Waals surface area contributed by atoms with E-state index >= 15 is 0 Å². The molecule has 0 bridgehead atoms. The first-order valence-corrected chi connectivity index (χ1v) is 11.0. The fourth-order valence-electron chi connectivity index (χ4n) is 4.07. The van der Waals surface area contributed by atoms with Gasteiger partial charge in [-0.15, -0.1) is 11.3 Å². The summed E-state index contributed by atoms with van der Waals surface area (Å²) in [7, 11) is 0. The molecule has 9 nitrogen and oxygen atoms in total. The van der Waals surface area contributed by atoms with Crippen LogP contribution < -0.4 is 21.3 Å². The molecule has 0 unspecified atom stereocenters. The summed E-state index contributed by atoms with van der Waals surface area (Å²) >= 11 is 1.25. The number of pyridine rings is 2. The summed E-state index contributed by atoms with van der Waals surface area (Å²) in [6, 6.07) is 6.00. The molecule has 0 saturated carbocycles. The van der Waals surface area contributed by atoms with Crippen molar-refractivity contribution in [2.75, 3.05) is 54.9 Å². The number of aromatic nitrogens is 2. The van der Waals surface area contributed by atoms with Crippen LogP contribution in [0.15, 0.2) is 35.6 Å². The maximum atomic E-state index is 11.7. The highest BCUT2D eigenvalue weighted by molar-refractivity contribution is 7.21. The van der Waals surface area contributed by atoms with E-state index in [-0.39, 0.29) is 0 Å². The zero-order valence-corrected chi connectivity index (χ0v) is 17.8. The number of fused-ring (bicyclic) bond motifs is 1. The maximum absolute atomic E-state index is 11.7. The molecule has 1 saturated heterocycles. The Labute approximate surface area is 183 Å². The molecule has 4 N–H and O–H groups in total. The van der Waals surface area contributed by atoms with Crippen molar-refractivity contribution < 1.29 is 9.53 Å². The minimum absolute atomic E-state index is 0.367. The van der Waals surface area contributed by atoms with Gasteiger partial charge in [-0.2, -0.15) is 0 Å². The average molecular weight is 438 g/mol. The van der Waals surface area contributed by atoms with Gasteiger partial charge in [-0.3, -0.25) is 4.79 Å². The van der Waals surface area contributed by atoms with Gasteiger partial charge in [-0.1, -0.05) is 0 Å². The first kappa shape index (κ1) is 19.6. The van der Waals surface area contributed by atoms with Crippen LogP contribution in [0.3, 0.4) is 0 Å². The van der Waals surface area contributed by atoms with Crippen LogP contribution >= 0.6 is 11.3 Å². The van der Waals surface area contributed by atoms with Gasteiger partial charge >= 0.3 is 0 Å². The predicted octanol–water partition coefficient (Wildman–Crippen LogP) is 1.87. The van der Waals surface area contributed by atoms with Crippen LogP contribution in [-0.4, -0.2) is 61.1 Å². The molecule has 5 rings (SSSR count). The highest BCUT2D eigenvalue weighted by Gasteiger charge is 2.23. The van der Waals surface area contributed by atoms with Crippen molar-refractivity contribution in [3.63, 3.8) is 0 Å². The molecule has 1 fully saturated rings. The van der Waals surface area contributed by atoms with E-state index in [9.17, 15) is 4.79 Å². The first-order chi connectivity index (χ1) is 15.1. The van der Waals surface area contributed by atoms with Gasteiger partial charge in [-0.05, 0) is 24.6 Å². The lowest BCUT2D eigenvalue weighted by Gasteiger charge is -2.25.